The quantitative estimate of drug-likeness (QED) is 0.895. The number of carbonyl (C=O) groups is 1. The first-order valence-corrected chi connectivity index (χ1v) is 7.85. The zero-order chi connectivity index (χ0) is 14.8. The number of amides is 1. The molecule has 0 saturated carbocycles. The molecule has 5 heteroatoms. The summed E-state index contributed by atoms with van der Waals surface area (Å²) in [5.41, 5.74) is 3.32. The van der Waals surface area contributed by atoms with E-state index in [0.717, 1.165) is 17.4 Å². The third-order valence-corrected chi connectivity index (χ3v) is 4.32. The summed E-state index contributed by atoms with van der Waals surface area (Å²) in [6.07, 6.45) is 2.93. The Morgan fingerprint density at radius 3 is 3.05 bits per heavy atom. The summed E-state index contributed by atoms with van der Waals surface area (Å²) in [6.45, 7) is 1.55. The van der Waals surface area contributed by atoms with Crippen LogP contribution in [0.3, 0.4) is 0 Å². The van der Waals surface area contributed by atoms with Gasteiger partial charge in [0.25, 0.3) is 5.91 Å². The Morgan fingerprint density at radius 2 is 2.29 bits per heavy atom. The molecule has 0 aliphatic carbocycles. The fourth-order valence-corrected chi connectivity index (χ4v) is 3.33. The molecule has 0 saturated heterocycles. The summed E-state index contributed by atoms with van der Waals surface area (Å²) in [5.74, 6) is -0.0481. The highest BCUT2D eigenvalue weighted by molar-refractivity contribution is 9.10. The van der Waals surface area contributed by atoms with E-state index in [0.29, 0.717) is 12.2 Å². The number of nitrogens with one attached hydrogen (secondary N) is 2. The van der Waals surface area contributed by atoms with E-state index in [1.807, 2.05) is 23.9 Å². The van der Waals surface area contributed by atoms with Gasteiger partial charge in [-0.1, -0.05) is 24.3 Å². The summed E-state index contributed by atoms with van der Waals surface area (Å²) >= 11 is 3.39. The fourth-order valence-electron chi connectivity index (χ4n) is 2.81. The van der Waals surface area contributed by atoms with Crippen LogP contribution in [-0.4, -0.2) is 23.6 Å². The predicted octanol–water partition coefficient (Wildman–Crippen LogP) is 2.40. The first-order valence-electron chi connectivity index (χ1n) is 7.06. The van der Waals surface area contributed by atoms with E-state index in [1.165, 1.54) is 11.1 Å². The van der Waals surface area contributed by atoms with E-state index in [2.05, 4.69) is 50.8 Å². The zero-order valence-corrected chi connectivity index (χ0v) is 13.5. The number of nitrogens with zero attached hydrogens (tertiary/aromatic N) is 1. The lowest BCUT2D eigenvalue weighted by atomic mass is 9.94. The molecule has 1 aliphatic heterocycles. The second kappa shape index (κ2) is 6.03. The molecular formula is C16H18BrN3O. The van der Waals surface area contributed by atoms with Crippen LogP contribution in [0.2, 0.25) is 0 Å². The molecule has 1 aliphatic rings. The number of fused-ring (bicyclic) bond motifs is 1. The van der Waals surface area contributed by atoms with Crippen LogP contribution in [0.4, 0.5) is 0 Å². The Morgan fingerprint density at radius 1 is 1.48 bits per heavy atom. The third kappa shape index (κ3) is 3.04. The van der Waals surface area contributed by atoms with E-state index in [-0.39, 0.29) is 11.9 Å². The minimum Gasteiger partial charge on any atom is -0.349 e. The van der Waals surface area contributed by atoms with Crippen molar-refractivity contribution in [2.24, 2.45) is 7.05 Å². The lowest BCUT2D eigenvalue weighted by Crippen LogP contribution is -2.39. The van der Waals surface area contributed by atoms with Crippen molar-refractivity contribution in [1.29, 1.82) is 0 Å². The van der Waals surface area contributed by atoms with Gasteiger partial charge in [0, 0.05) is 30.3 Å². The highest BCUT2D eigenvalue weighted by atomic mass is 79.9. The van der Waals surface area contributed by atoms with Crippen molar-refractivity contribution < 1.29 is 4.79 Å². The SMILES string of the molecule is Cn1cc(Br)cc1C(=O)NCC1NCCc2ccccc21. The molecule has 110 valence electrons. The minimum absolute atomic E-state index is 0.0481. The van der Waals surface area contributed by atoms with Gasteiger partial charge in [-0.05, 0) is 46.1 Å². The van der Waals surface area contributed by atoms with Gasteiger partial charge in [0.2, 0.25) is 0 Å². The highest BCUT2D eigenvalue weighted by Gasteiger charge is 2.20. The average molecular weight is 348 g/mol. The lowest BCUT2D eigenvalue weighted by molar-refractivity contribution is 0.0941. The Bertz CT molecular complexity index is 665. The molecule has 1 amide bonds. The predicted molar refractivity (Wildman–Crippen MR) is 86.3 cm³/mol. The van der Waals surface area contributed by atoms with Crippen LogP contribution in [0.5, 0.6) is 0 Å². The number of aromatic nitrogens is 1. The molecule has 21 heavy (non-hydrogen) atoms. The van der Waals surface area contributed by atoms with E-state index in [9.17, 15) is 4.79 Å². The van der Waals surface area contributed by atoms with Crippen LogP contribution in [0.25, 0.3) is 0 Å². The average Bonchev–Trinajstić information content (AvgIpc) is 2.83. The van der Waals surface area contributed by atoms with Crippen LogP contribution >= 0.6 is 15.9 Å². The van der Waals surface area contributed by atoms with Crippen LogP contribution in [-0.2, 0) is 13.5 Å². The molecule has 1 unspecified atom stereocenters. The summed E-state index contributed by atoms with van der Waals surface area (Å²) < 4.78 is 2.73. The van der Waals surface area contributed by atoms with Gasteiger partial charge in [-0.25, -0.2) is 0 Å². The maximum Gasteiger partial charge on any atom is 0.268 e. The van der Waals surface area contributed by atoms with Gasteiger partial charge in [0.15, 0.2) is 0 Å². The topological polar surface area (TPSA) is 46.1 Å². The summed E-state index contributed by atoms with van der Waals surface area (Å²) in [6, 6.07) is 10.4. The van der Waals surface area contributed by atoms with Crippen molar-refractivity contribution in [3.63, 3.8) is 0 Å². The molecule has 1 atom stereocenters. The summed E-state index contributed by atoms with van der Waals surface area (Å²) in [4.78, 5) is 12.3. The molecule has 4 nitrogen and oxygen atoms in total. The maximum atomic E-state index is 12.3. The molecule has 2 N–H and O–H groups in total. The van der Waals surface area contributed by atoms with Crippen molar-refractivity contribution in [2.75, 3.05) is 13.1 Å². The highest BCUT2D eigenvalue weighted by Crippen LogP contribution is 2.22. The molecule has 0 bridgehead atoms. The van der Waals surface area contributed by atoms with Gasteiger partial charge in [0.05, 0.1) is 0 Å². The molecule has 3 rings (SSSR count). The first-order chi connectivity index (χ1) is 10.1. The molecule has 0 spiro atoms. The minimum atomic E-state index is -0.0481. The number of hydrogen-bond acceptors (Lipinski definition) is 2. The summed E-state index contributed by atoms with van der Waals surface area (Å²) in [5, 5.41) is 6.49. The molecule has 0 radical (unpaired) electrons. The van der Waals surface area contributed by atoms with Gasteiger partial charge < -0.3 is 15.2 Å². The Hall–Kier alpha value is -1.59. The number of carbonyl (C=O) groups excluding carboxylic acids is 1. The Balaban J connectivity index is 1.69. The van der Waals surface area contributed by atoms with Crippen LogP contribution in [0, 0.1) is 0 Å². The lowest BCUT2D eigenvalue weighted by Gasteiger charge is -2.27. The number of rotatable bonds is 3. The van der Waals surface area contributed by atoms with Crippen molar-refractivity contribution in [2.45, 2.75) is 12.5 Å². The number of hydrogen-bond donors (Lipinski definition) is 2. The normalized spacial score (nSPS) is 17.3. The van der Waals surface area contributed by atoms with Gasteiger partial charge >= 0.3 is 0 Å². The molecule has 0 fully saturated rings. The zero-order valence-electron chi connectivity index (χ0n) is 11.9. The molecule has 2 heterocycles. The number of benzene rings is 1. The van der Waals surface area contributed by atoms with Crippen molar-refractivity contribution in [3.05, 3.63) is 57.8 Å². The first kappa shape index (κ1) is 14.4. The fraction of sp³-hybridized carbons (Fsp3) is 0.312. The van der Waals surface area contributed by atoms with Crippen molar-refractivity contribution >= 4 is 21.8 Å². The van der Waals surface area contributed by atoms with Crippen molar-refractivity contribution in [3.8, 4) is 0 Å². The summed E-state index contributed by atoms with van der Waals surface area (Å²) in [7, 11) is 1.87. The van der Waals surface area contributed by atoms with Crippen LogP contribution in [0.1, 0.15) is 27.7 Å². The molecular weight excluding hydrogens is 330 g/mol. The number of aryl methyl sites for hydroxylation is 1. The third-order valence-electron chi connectivity index (χ3n) is 3.89. The van der Waals surface area contributed by atoms with Gasteiger partial charge in [-0.15, -0.1) is 0 Å². The van der Waals surface area contributed by atoms with Crippen LogP contribution < -0.4 is 10.6 Å². The van der Waals surface area contributed by atoms with Gasteiger partial charge in [0.1, 0.15) is 5.69 Å². The van der Waals surface area contributed by atoms with E-state index in [4.69, 9.17) is 0 Å². The van der Waals surface area contributed by atoms with E-state index >= 15 is 0 Å². The standard InChI is InChI=1S/C16H18BrN3O/c1-20-10-12(17)8-15(20)16(21)19-9-14-13-5-3-2-4-11(13)6-7-18-14/h2-5,8,10,14,18H,6-7,9H2,1H3,(H,19,21). The Labute approximate surface area is 132 Å². The van der Waals surface area contributed by atoms with Gasteiger partial charge in [-0.2, -0.15) is 0 Å². The molecule has 2 aromatic rings. The van der Waals surface area contributed by atoms with Gasteiger partial charge in [-0.3, -0.25) is 4.79 Å². The second-order valence-electron chi connectivity index (χ2n) is 5.32. The van der Waals surface area contributed by atoms with Crippen LogP contribution in [0.15, 0.2) is 41.0 Å². The monoisotopic (exact) mass is 347 g/mol. The Kier molecular flexibility index (Phi) is 4.12. The van der Waals surface area contributed by atoms with E-state index in [1.54, 1.807) is 0 Å². The molecule has 1 aromatic carbocycles. The van der Waals surface area contributed by atoms with E-state index < -0.39 is 0 Å². The number of halogens is 1. The smallest absolute Gasteiger partial charge is 0.268 e. The maximum absolute atomic E-state index is 12.3. The largest absolute Gasteiger partial charge is 0.349 e. The second-order valence-corrected chi connectivity index (χ2v) is 6.24. The van der Waals surface area contributed by atoms with Crippen molar-refractivity contribution in [1.82, 2.24) is 15.2 Å². The molecule has 1 aromatic heterocycles.